The number of ether oxygens (including phenoxy) is 1. The summed E-state index contributed by atoms with van der Waals surface area (Å²) in [4.78, 5) is 6.90. The molecule has 0 aliphatic carbocycles. The van der Waals surface area contributed by atoms with Crippen molar-refractivity contribution in [2.45, 2.75) is 11.8 Å². The minimum atomic E-state index is -3.54. The summed E-state index contributed by atoms with van der Waals surface area (Å²) in [5, 5.41) is 7.87. The number of aryl methyl sites for hydroxylation is 1. The number of hydrogen-bond donors (Lipinski definition) is 0. The smallest absolute Gasteiger partial charge is 0.242 e. The van der Waals surface area contributed by atoms with Gasteiger partial charge in [-0.1, -0.05) is 22.5 Å². The molecule has 0 atom stereocenters. The van der Waals surface area contributed by atoms with Gasteiger partial charge in [0.25, 0.3) is 0 Å². The summed E-state index contributed by atoms with van der Waals surface area (Å²) >= 11 is 0. The zero-order valence-corrected chi connectivity index (χ0v) is 15.6. The molecule has 0 N–H and O–H groups in total. The van der Waals surface area contributed by atoms with Crippen LogP contribution >= 0.6 is 0 Å². The van der Waals surface area contributed by atoms with Gasteiger partial charge in [0, 0.05) is 14.1 Å². The van der Waals surface area contributed by atoms with Crippen molar-refractivity contribution in [3.63, 3.8) is 0 Å². The Morgan fingerprint density at radius 3 is 2.50 bits per heavy atom. The van der Waals surface area contributed by atoms with Gasteiger partial charge in [-0.3, -0.25) is 0 Å². The van der Waals surface area contributed by atoms with E-state index < -0.39 is 10.0 Å². The van der Waals surface area contributed by atoms with Gasteiger partial charge in [0.15, 0.2) is 6.61 Å². The Morgan fingerprint density at radius 1 is 1.08 bits per heavy atom. The van der Waals surface area contributed by atoms with Gasteiger partial charge in [-0.2, -0.15) is 0 Å². The van der Waals surface area contributed by atoms with Crippen molar-refractivity contribution in [1.29, 1.82) is 0 Å². The number of aromatic nitrogens is 3. The Balaban J connectivity index is 1.69. The zero-order chi connectivity index (χ0) is 18.7. The maximum atomic E-state index is 12.3. The molecule has 0 aliphatic heterocycles. The first-order valence-electron chi connectivity index (χ1n) is 7.99. The third-order valence-corrected chi connectivity index (χ3v) is 5.56. The molecule has 0 radical (unpaired) electrons. The lowest BCUT2D eigenvalue weighted by Gasteiger charge is -2.11. The maximum Gasteiger partial charge on any atom is 0.242 e. The fourth-order valence-electron chi connectivity index (χ4n) is 2.26. The van der Waals surface area contributed by atoms with E-state index in [0.717, 1.165) is 15.6 Å². The van der Waals surface area contributed by atoms with Crippen LogP contribution in [-0.2, 0) is 10.0 Å². The van der Waals surface area contributed by atoms with E-state index in [0.29, 0.717) is 17.6 Å². The van der Waals surface area contributed by atoms with Crippen molar-refractivity contribution in [1.82, 2.24) is 19.5 Å². The summed E-state index contributed by atoms with van der Waals surface area (Å²) in [7, 11) is -0.583. The normalized spacial score (nSPS) is 11.8. The summed E-state index contributed by atoms with van der Waals surface area (Å²) in [6.45, 7) is 2.56. The van der Waals surface area contributed by atoms with Gasteiger partial charge in [-0.05, 0) is 42.5 Å². The Labute approximate surface area is 151 Å². The molecule has 138 valence electrons. The maximum absolute atomic E-state index is 12.3. The number of rotatable bonds is 7. The van der Waals surface area contributed by atoms with Crippen molar-refractivity contribution in [2.75, 3.05) is 27.3 Å². The van der Waals surface area contributed by atoms with Crippen LogP contribution in [0.1, 0.15) is 5.56 Å². The molecule has 2 aromatic carbocycles. The second-order valence-corrected chi connectivity index (χ2v) is 8.05. The second kappa shape index (κ2) is 7.30. The predicted octanol–water partition coefficient (Wildman–Crippen LogP) is 1.50. The van der Waals surface area contributed by atoms with Crippen molar-refractivity contribution in [3.8, 4) is 5.75 Å². The number of benzene rings is 2. The fraction of sp³-hybridized carbons (Fsp3) is 0.294. The quantitative estimate of drug-likeness (QED) is 0.581. The van der Waals surface area contributed by atoms with Gasteiger partial charge < -0.3 is 9.57 Å². The standard InChI is InChI=1S/C17H20N4O4S/c1-13-4-6-14(7-5-13)24-10-11-25-21-17-12-15(26(22,23)20(2)3)8-9-16(17)18-19-21/h4-9,12H,10-11H2,1-3H3. The molecule has 26 heavy (non-hydrogen) atoms. The molecule has 3 rings (SSSR count). The van der Waals surface area contributed by atoms with E-state index in [1.165, 1.54) is 31.1 Å². The van der Waals surface area contributed by atoms with E-state index in [9.17, 15) is 8.42 Å². The van der Waals surface area contributed by atoms with Crippen molar-refractivity contribution < 1.29 is 18.0 Å². The molecule has 9 heteroatoms. The number of hydrogen-bond acceptors (Lipinski definition) is 6. The van der Waals surface area contributed by atoms with Gasteiger partial charge >= 0.3 is 0 Å². The highest BCUT2D eigenvalue weighted by Crippen LogP contribution is 2.19. The Morgan fingerprint density at radius 2 is 1.81 bits per heavy atom. The lowest BCUT2D eigenvalue weighted by Crippen LogP contribution is -2.22. The van der Waals surface area contributed by atoms with Crippen LogP contribution in [0.15, 0.2) is 47.4 Å². The molecule has 0 spiro atoms. The molecule has 0 saturated heterocycles. The van der Waals surface area contributed by atoms with Gasteiger partial charge in [-0.25, -0.2) is 12.7 Å². The molecule has 0 unspecified atom stereocenters. The van der Waals surface area contributed by atoms with Crippen LogP contribution in [0.4, 0.5) is 0 Å². The van der Waals surface area contributed by atoms with E-state index in [4.69, 9.17) is 9.57 Å². The number of nitrogens with zero attached hydrogens (tertiary/aromatic N) is 4. The molecule has 0 amide bonds. The van der Waals surface area contributed by atoms with Crippen molar-refractivity contribution in [2.24, 2.45) is 0 Å². The minimum absolute atomic E-state index is 0.151. The molecular formula is C17H20N4O4S. The van der Waals surface area contributed by atoms with Crippen LogP contribution in [0.2, 0.25) is 0 Å². The molecular weight excluding hydrogens is 356 g/mol. The van der Waals surface area contributed by atoms with Gasteiger partial charge in [0.05, 0.1) is 4.90 Å². The molecule has 8 nitrogen and oxygen atoms in total. The number of sulfonamides is 1. The summed E-state index contributed by atoms with van der Waals surface area (Å²) in [6, 6.07) is 12.3. The van der Waals surface area contributed by atoms with E-state index in [-0.39, 0.29) is 11.5 Å². The van der Waals surface area contributed by atoms with E-state index >= 15 is 0 Å². The van der Waals surface area contributed by atoms with Crippen LogP contribution < -0.4 is 9.57 Å². The Kier molecular flexibility index (Phi) is 5.10. The molecule has 0 saturated carbocycles. The average Bonchev–Trinajstić information content (AvgIpc) is 3.02. The Bertz CT molecular complexity index is 997. The van der Waals surface area contributed by atoms with Crippen molar-refractivity contribution >= 4 is 21.1 Å². The monoisotopic (exact) mass is 376 g/mol. The zero-order valence-electron chi connectivity index (χ0n) is 14.8. The van der Waals surface area contributed by atoms with Crippen molar-refractivity contribution in [3.05, 3.63) is 48.0 Å². The van der Waals surface area contributed by atoms with E-state index in [1.807, 2.05) is 31.2 Å². The lowest BCUT2D eigenvalue weighted by atomic mass is 10.2. The van der Waals surface area contributed by atoms with Gasteiger partial charge in [0.1, 0.15) is 23.4 Å². The van der Waals surface area contributed by atoms with E-state index in [2.05, 4.69) is 10.3 Å². The summed E-state index contributed by atoms with van der Waals surface area (Å²) in [5.41, 5.74) is 2.18. The first kappa shape index (κ1) is 18.2. The topological polar surface area (TPSA) is 86.5 Å². The molecule has 0 fully saturated rings. The van der Waals surface area contributed by atoms with Gasteiger partial charge in [-0.15, -0.1) is 5.10 Å². The molecule has 1 aromatic heterocycles. The first-order chi connectivity index (χ1) is 12.4. The van der Waals surface area contributed by atoms with Crippen LogP contribution in [0.3, 0.4) is 0 Å². The van der Waals surface area contributed by atoms with Gasteiger partial charge in [0.2, 0.25) is 10.0 Å². The van der Waals surface area contributed by atoms with Crippen LogP contribution in [-0.4, -0.2) is 55.2 Å². The SMILES string of the molecule is Cc1ccc(OCCOn2nnc3ccc(S(=O)(=O)N(C)C)cc32)cc1. The lowest BCUT2D eigenvalue weighted by molar-refractivity contribution is 0.0639. The molecule has 1 heterocycles. The fourth-order valence-corrected chi connectivity index (χ4v) is 3.18. The highest BCUT2D eigenvalue weighted by molar-refractivity contribution is 7.89. The molecule has 0 bridgehead atoms. The summed E-state index contributed by atoms with van der Waals surface area (Å²) in [6.07, 6.45) is 0. The minimum Gasteiger partial charge on any atom is -0.490 e. The highest BCUT2D eigenvalue weighted by atomic mass is 32.2. The summed E-state index contributed by atoms with van der Waals surface area (Å²) in [5.74, 6) is 0.752. The Hall–Kier alpha value is -2.65. The first-order valence-corrected chi connectivity index (χ1v) is 9.43. The highest BCUT2D eigenvalue weighted by Gasteiger charge is 2.19. The van der Waals surface area contributed by atoms with Crippen LogP contribution in [0, 0.1) is 6.92 Å². The molecule has 0 aliphatic rings. The third-order valence-electron chi connectivity index (χ3n) is 3.75. The third kappa shape index (κ3) is 3.78. The summed E-state index contributed by atoms with van der Waals surface area (Å²) < 4.78 is 31.3. The average molecular weight is 376 g/mol. The van der Waals surface area contributed by atoms with E-state index in [1.54, 1.807) is 6.07 Å². The second-order valence-electron chi connectivity index (χ2n) is 5.90. The number of fused-ring (bicyclic) bond motifs is 1. The van der Waals surface area contributed by atoms with Crippen LogP contribution in [0.25, 0.3) is 11.0 Å². The largest absolute Gasteiger partial charge is 0.490 e. The predicted molar refractivity (Wildman–Crippen MR) is 96.5 cm³/mol. The molecule has 3 aromatic rings. The van der Waals surface area contributed by atoms with Crippen LogP contribution in [0.5, 0.6) is 5.75 Å².